The van der Waals surface area contributed by atoms with E-state index < -0.39 is 30.4 Å². The first-order valence-corrected chi connectivity index (χ1v) is 7.79. The SMILES string of the molecule is CCCN(CC(=O)O)C(=O)C(C)NC(=O)c1cccc(Cl)c1Cl. The van der Waals surface area contributed by atoms with Crippen molar-refractivity contribution in [1.82, 2.24) is 10.2 Å². The summed E-state index contributed by atoms with van der Waals surface area (Å²) >= 11 is 11.8. The van der Waals surface area contributed by atoms with Crippen LogP contribution in [-0.2, 0) is 9.59 Å². The molecule has 0 fully saturated rings. The summed E-state index contributed by atoms with van der Waals surface area (Å²) in [5.41, 5.74) is 0.152. The predicted molar refractivity (Wildman–Crippen MR) is 87.9 cm³/mol. The maximum absolute atomic E-state index is 12.3. The molecule has 0 aliphatic rings. The van der Waals surface area contributed by atoms with Gasteiger partial charge in [-0.3, -0.25) is 14.4 Å². The van der Waals surface area contributed by atoms with Gasteiger partial charge in [0.2, 0.25) is 5.91 Å². The Morgan fingerprint density at radius 3 is 2.52 bits per heavy atom. The molecule has 0 saturated heterocycles. The summed E-state index contributed by atoms with van der Waals surface area (Å²) in [5, 5.41) is 11.7. The minimum atomic E-state index is -1.11. The number of nitrogens with one attached hydrogen (secondary N) is 1. The zero-order valence-electron chi connectivity index (χ0n) is 12.8. The van der Waals surface area contributed by atoms with Gasteiger partial charge >= 0.3 is 5.97 Å². The van der Waals surface area contributed by atoms with Gasteiger partial charge in [0.15, 0.2) is 0 Å². The van der Waals surface area contributed by atoms with Crippen molar-refractivity contribution in [3.05, 3.63) is 33.8 Å². The number of carbonyl (C=O) groups excluding carboxylic acids is 2. The monoisotopic (exact) mass is 360 g/mol. The van der Waals surface area contributed by atoms with E-state index in [1.807, 2.05) is 6.92 Å². The van der Waals surface area contributed by atoms with Crippen LogP contribution in [0.1, 0.15) is 30.6 Å². The van der Waals surface area contributed by atoms with Gasteiger partial charge in [-0.25, -0.2) is 0 Å². The van der Waals surface area contributed by atoms with E-state index >= 15 is 0 Å². The molecule has 126 valence electrons. The molecule has 2 N–H and O–H groups in total. The minimum absolute atomic E-state index is 0.0993. The number of benzene rings is 1. The fourth-order valence-electron chi connectivity index (χ4n) is 1.99. The molecule has 1 aromatic carbocycles. The lowest BCUT2D eigenvalue weighted by molar-refractivity contribution is -0.145. The van der Waals surface area contributed by atoms with Crippen molar-refractivity contribution in [2.75, 3.05) is 13.1 Å². The molecular formula is C15H18Cl2N2O4. The van der Waals surface area contributed by atoms with Gasteiger partial charge in [-0.15, -0.1) is 0 Å². The highest BCUT2D eigenvalue weighted by Gasteiger charge is 2.24. The molecule has 8 heteroatoms. The largest absolute Gasteiger partial charge is 0.480 e. The summed E-state index contributed by atoms with van der Waals surface area (Å²) in [6, 6.07) is 3.72. The predicted octanol–water partition coefficient (Wildman–Crippen LogP) is 2.43. The first-order chi connectivity index (χ1) is 10.8. The van der Waals surface area contributed by atoms with E-state index in [0.717, 1.165) is 0 Å². The van der Waals surface area contributed by atoms with Crippen LogP contribution < -0.4 is 5.32 Å². The van der Waals surface area contributed by atoms with Crippen LogP contribution in [0.25, 0.3) is 0 Å². The average Bonchev–Trinajstić information content (AvgIpc) is 2.48. The molecule has 0 heterocycles. The number of nitrogens with zero attached hydrogens (tertiary/aromatic N) is 1. The first kappa shape index (κ1) is 19.3. The number of carboxylic acids is 1. The second-order valence-electron chi connectivity index (χ2n) is 4.95. The fraction of sp³-hybridized carbons (Fsp3) is 0.400. The molecule has 0 aliphatic carbocycles. The number of carbonyl (C=O) groups is 3. The third kappa shape index (κ3) is 5.41. The van der Waals surface area contributed by atoms with Crippen LogP contribution in [-0.4, -0.2) is 46.9 Å². The molecule has 23 heavy (non-hydrogen) atoms. The van der Waals surface area contributed by atoms with Gasteiger partial charge < -0.3 is 15.3 Å². The number of hydrogen-bond donors (Lipinski definition) is 2. The van der Waals surface area contributed by atoms with Crippen molar-refractivity contribution in [3.63, 3.8) is 0 Å². The number of amides is 2. The van der Waals surface area contributed by atoms with Crippen LogP contribution in [0.5, 0.6) is 0 Å². The summed E-state index contributed by atoms with van der Waals surface area (Å²) in [6.45, 7) is 3.20. The smallest absolute Gasteiger partial charge is 0.323 e. The molecule has 6 nitrogen and oxygen atoms in total. The Balaban J connectivity index is 2.82. The zero-order chi connectivity index (χ0) is 17.6. The highest BCUT2D eigenvalue weighted by atomic mass is 35.5. The molecule has 1 aromatic rings. The van der Waals surface area contributed by atoms with E-state index in [1.165, 1.54) is 17.9 Å². The number of rotatable bonds is 7. The summed E-state index contributed by atoms with van der Waals surface area (Å²) in [7, 11) is 0. The Morgan fingerprint density at radius 1 is 1.30 bits per heavy atom. The normalized spacial score (nSPS) is 11.7. The third-order valence-corrected chi connectivity index (χ3v) is 3.86. The van der Waals surface area contributed by atoms with Gasteiger partial charge in [-0.2, -0.15) is 0 Å². The van der Waals surface area contributed by atoms with Gasteiger partial charge in [0.05, 0.1) is 15.6 Å². The number of halogens is 2. The van der Waals surface area contributed by atoms with Crippen LogP contribution in [0.15, 0.2) is 18.2 Å². The quantitative estimate of drug-likeness (QED) is 0.781. The number of carboxylic acid groups (broad SMARTS) is 1. The molecule has 0 radical (unpaired) electrons. The lowest BCUT2D eigenvalue weighted by Crippen LogP contribution is -2.48. The fourth-order valence-corrected chi connectivity index (χ4v) is 2.38. The first-order valence-electron chi connectivity index (χ1n) is 7.03. The van der Waals surface area contributed by atoms with E-state index in [2.05, 4.69) is 5.32 Å². The van der Waals surface area contributed by atoms with Gasteiger partial charge in [0.1, 0.15) is 12.6 Å². The molecule has 0 saturated carbocycles. The second kappa shape index (κ2) is 8.74. The molecule has 1 atom stereocenters. The highest BCUT2D eigenvalue weighted by molar-refractivity contribution is 6.43. The maximum Gasteiger partial charge on any atom is 0.323 e. The molecule has 1 unspecified atom stereocenters. The summed E-state index contributed by atoms with van der Waals surface area (Å²) in [4.78, 5) is 36.5. The van der Waals surface area contributed by atoms with Gasteiger partial charge in [0.25, 0.3) is 5.91 Å². The molecular weight excluding hydrogens is 343 g/mol. The van der Waals surface area contributed by atoms with Gasteiger partial charge in [0, 0.05) is 6.54 Å². The lowest BCUT2D eigenvalue weighted by Gasteiger charge is -2.24. The molecule has 0 spiro atoms. The number of hydrogen-bond acceptors (Lipinski definition) is 3. The van der Waals surface area contributed by atoms with Crippen molar-refractivity contribution in [2.24, 2.45) is 0 Å². The summed E-state index contributed by atoms with van der Waals surface area (Å²) in [6.07, 6.45) is 0.611. The highest BCUT2D eigenvalue weighted by Crippen LogP contribution is 2.25. The molecule has 0 aliphatic heterocycles. The van der Waals surface area contributed by atoms with Crippen LogP contribution in [0.2, 0.25) is 10.0 Å². The Morgan fingerprint density at radius 2 is 1.96 bits per heavy atom. The van der Waals surface area contributed by atoms with Crippen molar-refractivity contribution < 1.29 is 19.5 Å². The molecule has 1 rings (SSSR count). The van der Waals surface area contributed by atoms with E-state index in [1.54, 1.807) is 12.1 Å². The van der Waals surface area contributed by atoms with Gasteiger partial charge in [-0.1, -0.05) is 36.2 Å². The van der Waals surface area contributed by atoms with E-state index in [0.29, 0.717) is 13.0 Å². The third-order valence-electron chi connectivity index (χ3n) is 3.05. The maximum atomic E-state index is 12.3. The van der Waals surface area contributed by atoms with Crippen molar-refractivity contribution in [2.45, 2.75) is 26.3 Å². The van der Waals surface area contributed by atoms with E-state index in [9.17, 15) is 14.4 Å². The second-order valence-corrected chi connectivity index (χ2v) is 5.74. The molecule has 0 bridgehead atoms. The minimum Gasteiger partial charge on any atom is -0.480 e. The van der Waals surface area contributed by atoms with Crippen LogP contribution in [0.3, 0.4) is 0 Å². The van der Waals surface area contributed by atoms with E-state index in [4.69, 9.17) is 28.3 Å². The molecule has 0 aromatic heterocycles. The Hall–Kier alpha value is -1.79. The van der Waals surface area contributed by atoms with Gasteiger partial charge in [-0.05, 0) is 25.5 Å². The number of aliphatic carboxylic acids is 1. The van der Waals surface area contributed by atoms with E-state index in [-0.39, 0.29) is 15.6 Å². The van der Waals surface area contributed by atoms with Crippen LogP contribution >= 0.6 is 23.2 Å². The van der Waals surface area contributed by atoms with Crippen LogP contribution in [0, 0.1) is 0 Å². The molecule has 2 amide bonds. The van der Waals surface area contributed by atoms with Crippen molar-refractivity contribution >= 4 is 41.0 Å². The van der Waals surface area contributed by atoms with Crippen molar-refractivity contribution in [1.29, 1.82) is 0 Å². The average molecular weight is 361 g/mol. The topological polar surface area (TPSA) is 86.7 Å². The summed E-state index contributed by atoms with van der Waals surface area (Å²) in [5.74, 6) is -2.13. The summed E-state index contributed by atoms with van der Waals surface area (Å²) < 4.78 is 0. The zero-order valence-corrected chi connectivity index (χ0v) is 14.3. The standard InChI is InChI=1S/C15H18Cl2N2O4/c1-3-7-19(8-12(20)21)15(23)9(2)18-14(22)10-5-4-6-11(16)13(10)17/h4-6,9H,3,7-8H2,1-2H3,(H,18,22)(H,20,21). The van der Waals surface area contributed by atoms with Crippen LogP contribution in [0.4, 0.5) is 0 Å². The van der Waals surface area contributed by atoms with Crippen molar-refractivity contribution in [3.8, 4) is 0 Å². The Kier molecular flexibility index (Phi) is 7.32. The Labute approximate surface area is 144 Å². The lowest BCUT2D eigenvalue weighted by atomic mass is 10.2. The Bertz CT molecular complexity index is 607.